The Labute approximate surface area is 123 Å². The minimum atomic E-state index is -0.495. The van der Waals surface area contributed by atoms with Crippen LogP contribution in [0.1, 0.15) is 51.9 Å². The fraction of sp³-hybridized carbons (Fsp3) is 0.938. The largest absolute Gasteiger partial charge is 0.368 e. The normalized spacial score (nSPS) is 27.8. The number of likely N-dealkylation sites (N-methyl/N-ethyl adjacent to an activating group) is 1. The molecule has 2 atom stereocenters. The van der Waals surface area contributed by atoms with Crippen LogP contribution in [0.3, 0.4) is 0 Å². The SMILES string of the molecule is CCCC1CCCN(CC(NC)(C(N)=O)C2CC2)CC1. The monoisotopic (exact) mass is 281 g/mol. The highest BCUT2D eigenvalue weighted by molar-refractivity contribution is 5.86. The fourth-order valence-electron chi connectivity index (χ4n) is 3.82. The first-order valence-corrected chi connectivity index (χ1v) is 8.33. The maximum Gasteiger partial charge on any atom is 0.239 e. The summed E-state index contributed by atoms with van der Waals surface area (Å²) in [6.07, 6.45) is 8.78. The molecule has 2 unspecified atom stereocenters. The summed E-state index contributed by atoms with van der Waals surface area (Å²) in [6.45, 7) is 5.30. The van der Waals surface area contributed by atoms with Crippen LogP contribution in [0.2, 0.25) is 0 Å². The Hall–Kier alpha value is -0.610. The summed E-state index contributed by atoms with van der Waals surface area (Å²) in [4.78, 5) is 14.5. The van der Waals surface area contributed by atoms with Crippen LogP contribution >= 0.6 is 0 Å². The van der Waals surface area contributed by atoms with Crippen LogP contribution in [0.25, 0.3) is 0 Å². The molecular weight excluding hydrogens is 250 g/mol. The van der Waals surface area contributed by atoms with Gasteiger partial charge in [-0.05, 0) is 64.1 Å². The van der Waals surface area contributed by atoms with Crippen LogP contribution < -0.4 is 11.1 Å². The van der Waals surface area contributed by atoms with Crippen molar-refractivity contribution in [1.29, 1.82) is 0 Å². The third-order valence-corrected chi connectivity index (χ3v) is 5.27. The summed E-state index contributed by atoms with van der Waals surface area (Å²) in [5.41, 5.74) is 5.23. The summed E-state index contributed by atoms with van der Waals surface area (Å²) in [7, 11) is 1.89. The molecule has 0 aromatic rings. The van der Waals surface area contributed by atoms with Crippen molar-refractivity contribution in [2.75, 3.05) is 26.7 Å². The van der Waals surface area contributed by atoms with Crippen molar-refractivity contribution in [2.45, 2.75) is 57.4 Å². The van der Waals surface area contributed by atoms with Gasteiger partial charge in [-0.1, -0.05) is 19.8 Å². The number of hydrogen-bond acceptors (Lipinski definition) is 3. The minimum Gasteiger partial charge on any atom is -0.368 e. The number of likely N-dealkylation sites (tertiary alicyclic amines) is 1. The van der Waals surface area contributed by atoms with E-state index in [9.17, 15) is 4.79 Å². The molecule has 0 aromatic carbocycles. The van der Waals surface area contributed by atoms with E-state index < -0.39 is 5.54 Å². The topological polar surface area (TPSA) is 58.4 Å². The predicted molar refractivity (Wildman–Crippen MR) is 82.4 cm³/mol. The highest BCUT2D eigenvalue weighted by atomic mass is 16.1. The Bertz CT molecular complexity index is 330. The lowest BCUT2D eigenvalue weighted by Gasteiger charge is -2.35. The van der Waals surface area contributed by atoms with Crippen molar-refractivity contribution in [3.05, 3.63) is 0 Å². The van der Waals surface area contributed by atoms with Crippen molar-refractivity contribution in [2.24, 2.45) is 17.6 Å². The smallest absolute Gasteiger partial charge is 0.239 e. The average Bonchev–Trinajstić information content (AvgIpc) is 3.24. The van der Waals surface area contributed by atoms with Crippen molar-refractivity contribution in [1.82, 2.24) is 10.2 Å². The summed E-state index contributed by atoms with van der Waals surface area (Å²) in [5.74, 6) is 1.15. The Morgan fingerprint density at radius 2 is 2.05 bits per heavy atom. The molecular formula is C16H31N3O. The summed E-state index contributed by atoms with van der Waals surface area (Å²) in [5, 5.41) is 3.26. The first kappa shape index (κ1) is 15.8. The second-order valence-corrected chi connectivity index (χ2v) is 6.72. The third-order valence-electron chi connectivity index (χ3n) is 5.27. The van der Waals surface area contributed by atoms with E-state index in [1.54, 1.807) is 0 Å². The number of hydrogen-bond donors (Lipinski definition) is 2. The van der Waals surface area contributed by atoms with Gasteiger partial charge in [0.05, 0.1) is 0 Å². The van der Waals surface area contributed by atoms with Crippen molar-refractivity contribution in [3.63, 3.8) is 0 Å². The van der Waals surface area contributed by atoms with Crippen molar-refractivity contribution >= 4 is 5.91 Å². The number of rotatable bonds is 7. The van der Waals surface area contributed by atoms with E-state index in [1.165, 1.54) is 32.1 Å². The van der Waals surface area contributed by atoms with Gasteiger partial charge in [0, 0.05) is 6.54 Å². The fourth-order valence-corrected chi connectivity index (χ4v) is 3.82. The number of nitrogens with zero attached hydrogens (tertiary/aromatic N) is 1. The third kappa shape index (κ3) is 3.53. The first-order chi connectivity index (χ1) is 9.62. The van der Waals surface area contributed by atoms with Gasteiger partial charge in [-0.15, -0.1) is 0 Å². The Kier molecular flexibility index (Phi) is 5.44. The predicted octanol–water partition coefficient (Wildman–Crippen LogP) is 1.74. The Morgan fingerprint density at radius 3 is 2.60 bits per heavy atom. The molecule has 4 heteroatoms. The van der Waals surface area contributed by atoms with Gasteiger partial charge >= 0.3 is 0 Å². The summed E-state index contributed by atoms with van der Waals surface area (Å²) >= 11 is 0. The number of nitrogens with one attached hydrogen (secondary N) is 1. The molecule has 0 aromatic heterocycles. The summed E-state index contributed by atoms with van der Waals surface area (Å²) < 4.78 is 0. The zero-order valence-corrected chi connectivity index (χ0v) is 13.2. The van der Waals surface area contributed by atoms with E-state index in [2.05, 4.69) is 17.1 Å². The van der Waals surface area contributed by atoms with Crippen LogP contribution in [0.5, 0.6) is 0 Å². The van der Waals surface area contributed by atoms with E-state index >= 15 is 0 Å². The molecule has 0 radical (unpaired) electrons. The van der Waals surface area contributed by atoms with Gasteiger partial charge in [-0.25, -0.2) is 0 Å². The Balaban J connectivity index is 1.95. The van der Waals surface area contributed by atoms with E-state index in [1.807, 2.05) is 7.05 Å². The van der Waals surface area contributed by atoms with Crippen LogP contribution in [-0.4, -0.2) is 43.0 Å². The van der Waals surface area contributed by atoms with Gasteiger partial charge in [0.1, 0.15) is 5.54 Å². The lowest BCUT2D eigenvalue weighted by molar-refractivity contribution is -0.126. The molecule has 1 aliphatic heterocycles. The van der Waals surface area contributed by atoms with Gasteiger partial charge in [-0.2, -0.15) is 0 Å². The quantitative estimate of drug-likeness (QED) is 0.747. The molecule has 1 heterocycles. The van der Waals surface area contributed by atoms with E-state index in [4.69, 9.17) is 5.73 Å². The average molecular weight is 281 g/mol. The van der Waals surface area contributed by atoms with Gasteiger partial charge in [0.15, 0.2) is 0 Å². The highest BCUT2D eigenvalue weighted by Gasteiger charge is 2.49. The number of nitrogens with two attached hydrogens (primary N) is 1. The van der Waals surface area contributed by atoms with Gasteiger partial charge < -0.3 is 16.0 Å². The van der Waals surface area contributed by atoms with Gasteiger partial charge in [0.25, 0.3) is 0 Å². The van der Waals surface area contributed by atoms with E-state index in [-0.39, 0.29) is 5.91 Å². The molecule has 1 saturated heterocycles. The molecule has 2 fully saturated rings. The van der Waals surface area contributed by atoms with Gasteiger partial charge in [0.2, 0.25) is 5.91 Å². The highest BCUT2D eigenvalue weighted by Crippen LogP contribution is 2.40. The summed E-state index contributed by atoms with van der Waals surface area (Å²) in [6, 6.07) is 0. The first-order valence-electron chi connectivity index (χ1n) is 8.33. The van der Waals surface area contributed by atoms with Crippen molar-refractivity contribution in [3.8, 4) is 0 Å². The van der Waals surface area contributed by atoms with Crippen molar-refractivity contribution < 1.29 is 4.79 Å². The number of carbonyl (C=O) groups is 1. The van der Waals surface area contributed by atoms with E-state index in [0.717, 1.165) is 38.4 Å². The molecule has 2 aliphatic rings. The molecule has 0 bridgehead atoms. The van der Waals surface area contributed by atoms with Crippen LogP contribution in [0, 0.1) is 11.8 Å². The Morgan fingerprint density at radius 1 is 1.30 bits per heavy atom. The van der Waals surface area contributed by atoms with Crippen LogP contribution in [0.4, 0.5) is 0 Å². The molecule has 2 rings (SSSR count). The molecule has 116 valence electrons. The molecule has 0 spiro atoms. The zero-order valence-electron chi connectivity index (χ0n) is 13.2. The van der Waals surface area contributed by atoms with Crippen LogP contribution in [-0.2, 0) is 4.79 Å². The molecule has 3 N–H and O–H groups in total. The number of carbonyl (C=O) groups excluding carboxylic acids is 1. The maximum absolute atomic E-state index is 12.0. The minimum absolute atomic E-state index is 0.170. The zero-order chi connectivity index (χ0) is 14.6. The number of amides is 1. The maximum atomic E-state index is 12.0. The lowest BCUT2D eigenvalue weighted by Crippen LogP contribution is -2.62. The molecule has 1 saturated carbocycles. The van der Waals surface area contributed by atoms with Gasteiger partial charge in [-0.3, -0.25) is 4.79 Å². The molecule has 1 aliphatic carbocycles. The standard InChI is InChI=1S/C16H31N3O/c1-3-5-13-6-4-10-19(11-9-13)12-16(18-2,15(17)20)14-7-8-14/h13-14,18H,3-12H2,1-2H3,(H2,17,20). The van der Waals surface area contributed by atoms with E-state index in [0.29, 0.717) is 5.92 Å². The second kappa shape index (κ2) is 6.90. The second-order valence-electron chi connectivity index (χ2n) is 6.72. The number of primary amides is 1. The molecule has 4 nitrogen and oxygen atoms in total. The van der Waals surface area contributed by atoms with Crippen LogP contribution in [0.15, 0.2) is 0 Å². The molecule has 1 amide bonds. The lowest BCUT2D eigenvalue weighted by atomic mass is 9.91. The molecule has 20 heavy (non-hydrogen) atoms.